The molecule has 0 spiro atoms. The summed E-state index contributed by atoms with van der Waals surface area (Å²) in [6.45, 7) is 3.05. The number of hydrogen-bond acceptors (Lipinski definition) is 4. The summed E-state index contributed by atoms with van der Waals surface area (Å²) in [5.74, 6) is -0.266. The molecule has 0 fully saturated rings. The predicted octanol–water partition coefficient (Wildman–Crippen LogP) is 2.60. The Hall–Kier alpha value is -1.36. The molecule has 0 bridgehead atoms. The van der Waals surface area contributed by atoms with E-state index in [-0.39, 0.29) is 11.9 Å². The van der Waals surface area contributed by atoms with Gasteiger partial charge >= 0.3 is 5.97 Å². The highest BCUT2D eigenvalue weighted by molar-refractivity contribution is 7.12. The molecule has 1 N–H and O–H groups in total. The van der Waals surface area contributed by atoms with Crippen molar-refractivity contribution < 1.29 is 14.3 Å². The summed E-state index contributed by atoms with van der Waals surface area (Å²) >= 11 is 1.41. The Morgan fingerprint density at radius 2 is 2.22 bits per heavy atom. The van der Waals surface area contributed by atoms with Crippen molar-refractivity contribution in [2.45, 2.75) is 32.6 Å². The van der Waals surface area contributed by atoms with E-state index in [0.717, 1.165) is 12.8 Å². The van der Waals surface area contributed by atoms with E-state index < -0.39 is 0 Å². The molecule has 0 saturated heterocycles. The van der Waals surface area contributed by atoms with E-state index in [0.29, 0.717) is 30.9 Å². The fourth-order valence-electron chi connectivity index (χ4n) is 1.33. The van der Waals surface area contributed by atoms with Crippen molar-refractivity contribution in [2.24, 2.45) is 0 Å². The van der Waals surface area contributed by atoms with E-state index in [1.807, 2.05) is 18.4 Å². The van der Waals surface area contributed by atoms with Gasteiger partial charge in [0.25, 0.3) is 5.91 Å². The van der Waals surface area contributed by atoms with Crippen LogP contribution in [0.2, 0.25) is 0 Å². The Morgan fingerprint density at radius 3 is 2.89 bits per heavy atom. The lowest BCUT2D eigenvalue weighted by molar-refractivity contribution is -0.143. The summed E-state index contributed by atoms with van der Waals surface area (Å²) in [7, 11) is 0. The number of nitrogens with one attached hydrogen (secondary N) is 1. The number of esters is 1. The molecule has 1 rings (SSSR count). The van der Waals surface area contributed by atoms with Gasteiger partial charge in [-0.25, -0.2) is 0 Å². The van der Waals surface area contributed by atoms with E-state index in [4.69, 9.17) is 4.74 Å². The lowest BCUT2D eigenvalue weighted by Gasteiger charge is -2.04. The first-order valence-electron chi connectivity index (χ1n) is 6.21. The van der Waals surface area contributed by atoms with Crippen LogP contribution in [0, 0.1) is 0 Å². The van der Waals surface area contributed by atoms with Crippen LogP contribution in [0.5, 0.6) is 0 Å². The Balaban J connectivity index is 2.04. The summed E-state index contributed by atoms with van der Waals surface area (Å²) in [4.78, 5) is 23.5. The van der Waals surface area contributed by atoms with Gasteiger partial charge < -0.3 is 10.1 Å². The van der Waals surface area contributed by atoms with Crippen molar-refractivity contribution in [2.75, 3.05) is 13.2 Å². The maximum absolute atomic E-state index is 11.5. The Morgan fingerprint density at radius 1 is 1.39 bits per heavy atom. The number of thiophene rings is 1. The van der Waals surface area contributed by atoms with Gasteiger partial charge in [0, 0.05) is 13.0 Å². The summed E-state index contributed by atoms with van der Waals surface area (Å²) in [5, 5.41) is 4.63. The van der Waals surface area contributed by atoms with E-state index >= 15 is 0 Å². The van der Waals surface area contributed by atoms with Gasteiger partial charge in [0.05, 0.1) is 11.5 Å². The largest absolute Gasteiger partial charge is 0.466 e. The van der Waals surface area contributed by atoms with Crippen LogP contribution in [0.4, 0.5) is 0 Å². The smallest absolute Gasteiger partial charge is 0.305 e. The van der Waals surface area contributed by atoms with Crippen molar-refractivity contribution in [3.05, 3.63) is 22.4 Å². The maximum Gasteiger partial charge on any atom is 0.305 e. The van der Waals surface area contributed by atoms with Crippen molar-refractivity contribution in [3.63, 3.8) is 0 Å². The summed E-state index contributed by atoms with van der Waals surface area (Å²) in [5.41, 5.74) is 0. The molecule has 1 aromatic rings. The zero-order valence-corrected chi connectivity index (χ0v) is 11.4. The molecule has 0 aliphatic carbocycles. The number of carbonyl (C=O) groups is 2. The fourth-order valence-corrected chi connectivity index (χ4v) is 1.97. The molecular weight excluding hydrogens is 250 g/mol. The second-order valence-corrected chi connectivity index (χ2v) is 4.86. The van der Waals surface area contributed by atoms with Crippen LogP contribution in [0.15, 0.2) is 17.5 Å². The van der Waals surface area contributed by atoms with Gasteiger partial charge in [0.2, 0.25) is 0 Å². The van der Waals surface area contributed by atoms with Gasteiger partial charge in [-0.05, 0) is 24.3 Å². The number of unbranched alkanes of at least 4 members (excludes halogenated alkanes) is 1. The molecule has 1 amide bonds. The molecule has 0 aliphatic rings. The first-order valence-corrected chi connectivity index (χ1v) is 7.09. The van der Waals surface area contributed by atoms with E-state index in [2.05, 4.69) is 5.32 Å². The lowest BCUT2D eigenvalue weighted by atomic mass is 10.3. The third-order valence-corrected chi connectivity index (χ3v) is 3.22. The molecule has 5 heteroatoms. The second-order valence-electron chi connectivity index (χ2n) is 3.91. The topological polar surface area (TPSA) is 55.4 Å². The normalized spacial score (nSPS) is 10.1. The second kappa shape index (κ2) is 8.69. The van der Waals surface area contributed by atoms with Crippen LogP contribution >= 0.6 is 11.3 Å². The van der Waals surface area contributed by atoms with Crippen molar-refractivity contribution >= 4 is 23.2 Å². The van der Waals surface area contributed by atoms with E-state index in [9.17, 15) is 9.59 Å². The molecule has 1 aromatic heterocycles. The van der Waals surface area contributed by atoms with Gasteiger partial charge in [0.15, 0.2) is 0 Å². The third kappa shape index (κ3) is 5.82. The van der Waals surface area contributed by atoms with Gasteiger partial charge in [-0.2, -0.15) is 0 Å². The summed E-state index contributed by atoms with van der Waals surface area (Å²) in [6.07, 6.45) is 2.89. The molecule has 0 saturated carbocycles. The molecule has 0 radical (unpaired) electrons. The maximum atomic E-state index is 11.5. The highest BCUT2D eigenvalue weighted by Gasteiger charge is 2.06. The Kier molecular flexibility index (Phi) is 7.10. The highest BCUT2D eigenvalue weighted by atomic mass is 32.1. The molecule has 0 aromatic carbocycles. The molecule has 0 aliphatic heterocycles. The number of hydrogen-bond donors (Lipinski definition) is 1. The standard InChI is InChI=1S/C13H19NO3S/c1-2-3-9-17-12(15)7-4-8-14-13(16)11-6-5-10-18-11/h5-6,10H,2-4,7-9H2,1H3,(H,14,16). The van der Waals surface area contributed by atoms with Gasteiger partial charge in [-0.15, -0.1) is 11.3 Å². The van der Waals surface area contributed by atoms with Crippen molar-refractivity contribution in [3.8, 4) is 0 Å². The van der Waals surface area contributed by atoms with Crippen molar-refractivity contribution in [1.29, 1.82) is 0 Å². The average molecular weight is 269 g/mol. The van der Waals surface area contributed by atoms with Crippen LogP contribution in [0.1, 0.15) is 42.3 Å². The van der Waals surface area contributed by atoms with Gasteiger partial charge in [-0.1, -0.05) is 19.4 Å². The number of ether oxygens (including phenoxy) is 1. The predicted molar refractivity (Wildman–Crippen MR) is 71.8 cm³/mol. The average Bonchev–Trinajstić information content (AvgIpc) is 2.88. The van der Waals surface area contributed by atoms with Gasteiger partial charge in [0.1, 0.15) is 0 Å². The SMILES string of the molecule is CCCCOC(=O)CCCNC(=O)c1cccs1. The molecule has 4 nitrogen and oxygen atoms in total. The molecule has 100 valence electrons. The molecular formula is C13H19NO3S. The summed E-state index contributed by atoms with van der Waals surface area (Å²) in [6, 6.07) is 3.61. The number of rotatable bonds is 8. The zero-order chi connectivity index (χ0) is 13.2. The minimum atomic E-state index is -0.186. The van der Waals surface area contributed by atoms with E-state index in [1.54, 1.807) is 6.07 Å². The quantitative estimate of drug-likeness (QED) is 0.583. The van der Waals surface area contributed by atoms with Crippen LogP contribution in [-0.4, -0.2) is 25.0 Å². The van der Waals surface area contributed by atoms with Crippen LogP contribution < -0.4 is 5.32 Å². The Labute approximate surface area is 111 Å². The minimum absolute atomic E-state index is 0.0793. The van der Waals surface area contributed by atoms with Crippen molar-refractivity contribution in [1.82, 2.24) is 5.32 Å². The first-order chi connectivity index (χ1) is 8.74. The van der Waals surface area contributed by atoms with Crippen LogP contribution in [0.3, 0.4) is 0 Å². The third-order valence-electron chi connectivity index (χ3n) is 2.35. The first kappa shape index (κ1) is 14.7. The number of amides is 1. The van der Waals surface area contributed by atoms with Crippen LogP contribution in [-0.2, 0) is 9.53 Å². The minimum Gasteiger partial charge on any atom is -0.466 e. The highest BCUT2D eigenvalue weighted by Crippen LogP contribution is 2.07. The molecule has 0 atom stereocenters. The Bertz CT molecular complexity index is 362. The molecule has 0 unspecified atom stereocenters. The van der Waals surface area contributed by atoms with E-state index in [1.165, 1.54) is 11.3 Å². The molecule has 18 heavy (non-hydrogen) atoms. The molecule has 1 heterocycles. The lowest BCUT2D eigenvalue weighted by Crippen LogP contribution is -2.24. The fraction of sp³-hybridized carbons (Fsp3) is 0.538. The van der Waals surface area contributed by atoms with Crippen LogP contribution in [0.25, 0.3) is 0 Å². The zero-order valence-electron chi connectivity index (χ0n) is 10.6. The summed E-state index contributed by atoms with van der Waals surface area (Å²) < 4.78 is 5.01. The monoisotopic (exact) mass is 269 g/mol. The number of carbonyl (C=O) groups excluding carboxylic acids is 2. The van der Waals surface area contributed by atoms with Gasteiger partial charge in [-0.3, -0.25) is 9.59 Å².